The van der Waals surface area contributed by atoms with Gasteiger partial charge >= 0.3 is 0 Å². The molecule has 0 amide bonds. The molecule has 0 saturated carbocycles. The number of fused-ring (bicyclic) bond motifs is 3. The van der Waals surface area contributed by atoms with E-state index in [4.69, 9.17) is 19.4 Å². The smallest absolute Gasteiger partial charge is 0.212 e. The Labute approximate surface area is 274 Å². The van der Waals surface area contributed by atoms with Crippen molar-refractivity contribution in [2.45, 2.75) is 44.3 Å². The molecule has 8 heterocycles. The monoisotopic (exact) mass is 630 g/mol. The number of hydrogen-bond donors (Lipinski definition) is 0. The van der Waals surface area contributed by atoms with Gasteiger partial charge in [-0.3, -0.25) is 24.8 Å². The van der Waals surface area contributed by atoms with Crippen LogP contribution in [0.15, 0.2) is 78.9 Å². The van der Waals surface area contributed by atoms with E-state index in [0.29, 0.717) is 53.6 Å². The van der Waals surface area contributed by atoms with E-state index in [0.717, 1.165) is 37.4 Å². The average molecular weight is 631 g/mol. The van der Waals surface area contributed by atoms with E-state index in [-0.39, 0.29) is 5.41 Å². The minimum absolute atomic E-state index is 0.198. The number of rotatable bonds is 11. The standard InChI is InChI=1S/C35H38N10O2/c1-35(2,24-43-21-27-13-28(22-43)44(27)20-25-5-6-33(46-3)40-16-25)32-19-38-31(18-39-32)30-14-29(23-45-34(30)26(15-36)17-41-45)47-12-11-42-9-4-7-37-8-10-42/h4-10,14,16-19,23,27-28H,11-13,20-22,24H2,1-3H3. The number of aliphatic imine (C=N–C) groups is 1. The maximum absolute atomic E-state index is 9.80. The fourth-order valence-electron chi connectivity index (χ4n) is 6.75. The molecule has 12 heteroatoms. The molecular weight excluding hydrogens is 592 g/mol. The summed E-state index contributed by atoms with van der Waals surface area (Å²) in [6.07, 6.45) is 19.4. The van der Waals surface area contributed by atoms with E-state index >= 15 is 0 Å². The van der Waals surface area contributed by atoms with E-state index < -0.39 is 0 Å². The highest BCUT2D eigenvalue weighted by Gasteiger charge is 2.45. The second-order valence-electron chi connectivity index (χ2n) is 12.9. The van der Waals surface area contributed by atoms with Gasteiger partial charge in [0.15, 0.2) is 0 Å². The molecule has 2 unspecified atom stereocenters. The van der Waals surface area contributed by atoms with Crippen LogP contribution in [0, 0.1) is 11.3 Å². The quantitative estimate of drug-likeness (QED) is 0.240. The van der Waals surface area contributed by atoms with Crippen molar-refractivity contribution < 1.29 is 9.47 Å². The maximum Gasteiger partial charge on any atom is 0.212 e. The lowest BCUT2D eigenvalue weighted by atomic mass is 9.83. The summed E-state index contributed by atoms with van der Waals surface area (Å²) in [5.74, 6) is 1.28. The number of allylic oxidation sites excluding steroid dienone is 1. The lowest BCUT2D eigenvalue weighted by Gasteiger charge is -2.57. The van der Waals surface area contributed by atoms with Crippen molar-refractivity contribution in [1.82, 2.24) is 39.3 Å². The average Bonchev–Trinajstić information content (AvgIpc) is 3.33. The molecule has 4 aliphatic rings. The molecule has 8 rings (SSSR count). The largest absolute Gasteiger partial charge is 0.490 e. The molecule has 0 radical (unpaired) electrons. The predicted molar refractivity (Wildman–Crippen MR) is 178 cm³/mol. The van der Waals surface area contributed by atoms with Crippen LogP contribution in [0.3, 0.4) is 0 Å². The molecule has 47 heavy (non-hydrogen) atoms. The zero-order valence-electron chi connectivity index (χ0n) is 26.9. The summed E-state index contributed by atoms with van der Waals surface area (Å²) in [6.45, 7) is 9.45. The van der Waals surface area contributed by atoms with Crippen molar-refractivity contribution in [3.05, 3.63) is 90.7 Å². The van der Waals surface area contributed by atoms with E-state index in [2.05, 4.69) is 50.9 Å². The summed E-state index contributed by atoms with van der Waals surface area (Å²) in [7, 11) is 1.64. The summed E-state index contributed by atoms with van der Waals surface area (Å²) in [5, 5.41) is 14.2. The van der Waals surface area contributed by atoms with Crippen LogP contribution in [0.25, 0.3) is 16.8 Å². The Morgan fingerprint density at radius 2 is 1.91 bits per heavy atom. The van der Waals surface area contributed by atoms with Crippen LogP contribution in [-0.4, -0.2) is 97.5 Å². The number of nitrogens with zero attached hydrogens (tertiary/aromatic N) is 10. The Balaban J connectivity index is 1.02. The first kappa shape index (κ1) is 30.5. The van der Waals surface area contributed by atoms with Crippen LogP contribution in [0.2, 0.25) is 0 Å². The molecule has 3 fully saturated rings. The molecule has 2 atom stereocenters. The normalized spacial score (nSPS) is 19.4. The van der Waals surface area contributed by atoms with Gasteiger partial charge in [-0.05, 0) is 24.1 Å². The summed E-state index contributed by atoms with van der Waals surface area (Å²) < 4.78 is 13.0. The minimum atomic E-state index is -0.198. The van der Waals surface area contributed by atoms with Crippen molar-refractivity contribution in [3.63, 3.8) is 0 Å². The first-order chi connectivity index (χ1) is 22.9. The molecule has 4 aromatic rings. The minimum Gasteiger partial charge on any atom is -0.490 e. The lowest BCUT2D eigenvalue weighted by Crippen LogP contribution is -2.68. The first-order valence-electron chi connectivity index (χ1n) is 15.9. The molecule has 12 nitrogen and oxygen atoms in total. The van der Waals surface area contributed by atoms with Crippen molar-refractivity contribution in [3.8, 4) is 29.0 Å². The number of hydrogen-bond acceptors (Lipinski definition) is 11. The van der Waals surface area contributed by atoms with E-state index in [1.54, 1.807) is 42.6 Å². The van der Waals surface area contributed by atoms with Gasteiger partial charge in [0.05, 0.1) is 54.7 Å². The van der Waals surface area contributed by atoms with E-state index in [1.165, 1.54) is 12.0 Å². The second-order valence-corrected chi connectivity index (χ2v) is 12.9. The fourth-order valence-corrected chi connectivity index (χ4v) is 6.75. The highest BCUT2D eigenvalue weighted by Crippen LogP contribution is 2.36. The molecule has 4 aliphatic heterocycles. The third kappa shape index (κ3) is 6.45. The number of methoxy groups -OCH3 is 1. The Kier molecular flexibility index (Phi) is 8.41. The highest BCUT2D eigenvalue weighted by molar-refractivity contribution is 5.83. The van der Waals surface area contributed by atoms with Gasteiger partial charge < -0.3 is 14.4 Å². The molecule has 2 bridgehead atoms. The molecule has 0 spiro atoms. The third-order valence-corrected chi connectivity index (χ3v) is 9.15. The fraction of sp³-hybridized carbons (Fsp3) is 0.371. The van der Waals surface area contributed by atoms with Gasteiger partial charge in [-0.2, -0.15) is 10.4 Å². The number of piperidine rings is 1. The Morgan fingerprint density at radius 1 is 1.04 bits per heavy atom. The van der Waals surface area contributed by atoms with Crippen LogP contribution < -0.4 is 9.47 Å². The van der Waals surface area contributed by atoms with Gasteiger partial charge in [-0.25, -0.2) is 9.50 Å². The number of piperazine rings is 1. The van der Waals surface area contributed by atoms with Gasteiger partial charge in [-0.1, -0.05) is 19.9 Å². The van der Waals surface area contributed by atoms with Gasteiger partial charge in [0.2, 0.25) is 5.88 Å². The predicted octanol–water partition coefficient (Wildman–Crippen LogP) is 4.05. The number of pyridine rings is 2. The number of ether oxygens (including phenoxy) is 2. The van der Waals surface area contributed by atoms with Gasteiger partial charge in [0.25, 0.3) is 0 Å². The molecule has 0 N–H and O–H groups in total. The van der Waals surface area contributed by atoms with Crippen LogP contribution in [0.1, 0.15) is 37.1 Å². The Morgan fingerprint density at radius 3 is 2.66 bits per heavy atom. The molecule has 0 aliphatic carbocycles. The zero-order valence-corrected chi connectivity index (χ0v) is 26.9. The van der Waals surface area contributed by atoms with Gasteiger partial charge in [0.1, 0.15) is 18.4 Å². The topological polar surface area (TPSA) is 120 Å². The van der Waals surface area contributed by atoms with Crippen LogP contribution in [0.5, 0.6) is 11.6 Å². The molecule has 4 aromatic heterocycles. The first-order valence-corrected chi connectivity index (χ1v) is 15.9. The van der Waals surface area contributed by atoms with E-state index in [9.17, 15) is 5.26 Å². The van der Waals surface area contributed by atoms with E-state index in [1.807, 2.05) is 47.9 Å². The summed E-state index contributed by atoms with van der Waals surface area (Å²) >= 11 is 0. The van der Waals surface area contributed by atoms with Gasteiger partial charge in [-0.15, -0.1) is 0 Å². The molecule has 0 aromatic carbocycles. The number of aromatic nitrogens is 5. The van der Waals surface area contributed by atoms with Crippen LogP contribution >= 0.6 is 0 Å². The summed E-state index contributed by atoms with van der Waals surface area (Å²) in [4.78, 5) is 25.4. The van der Waals surface area contributed by atoms with Gasteiger partial charge in [0, 0.05) is 92.5 Å². The zero-order chi connectivity index (χ0) is 32.4. The van der Waals surface area contributed by atoms with Crippen molar-refractivity contribution in [1.29, 1.82) is 5.26 Å². The summed E-state index contributed by atoms with van der Waals surface area (Å²) in [6, 6.07) is 9.31. The lowest BCUT2D eigenvalue weighted by molar-refractivity contribution is -0.0790. The third-order valence-electron chi connectivity index (χ3n) is 9.15. The Bertz CT molecular complexity index is 1830. The SMILES string of the molecule is COc1ccc(CN2C3CC2CN(CC(C)(C)c2cnc(-c4cc(OCCN5C=CC=NC=C5)cn5ncc(C#N)c45)cn2)C3)cn1. The second kappa shape index (κ2) is 12.9. The van der Waals surface area contributed by atoms with Crippen molar-refractivity contribution in [2.24, 2.45) is 4.99 Å². The van der Waals surface area contributed by atoms with Crippen molar-refractivity contribution in [2.75, 3.05) is 39.9 Å². The number of nitriles is 1. The molecule has 240 valence electrons. The van der Waals surface area contributed by atoms with Crippen LogP contribution in [-0.2, 0) is 12.0 Å². The highest BCUT2D eigenvalue weighted by atomic mass is 16.5. The summed E-state index contributed by atoms with van der Waals surface area (Å²) in [5.41, 5.74) is 4.51. The Hall–Kier alpha value is -5.12. The van der Waals surface area contributed by atoms with Crippen LogP contribution in [0.4, 0.5) is 0 Å². The molecule has 3 saturated heterocycles. The maximum atomic E-state index is 9.80. The van der Waals surface area contributed by atoms with Crippen molar-refractivity contribution >= 4 is 11.7 Å². The molecular formula is C35H38N10O2.